The molecule has 0 heterocycles. The summed E-state index contributed by atoms with van der Waals surface area (Å²) in [6.07, 6.45) is 4.80. The second-order valence-electron chi connectivity index (χ2n) is 7.23. The van der Waals surface area contributed by atoms with Gasteiger partial charge in [-0.3, -0.25) is 0 Å². The van der Waals surface area contributed by atoms with Gasteiger partial charge in [0.2, 0.25) is 0 Å². The van der Waals surface area contributed by atoms with Crippen molar-refractivity contribution in [3.63, 3.8) is 0 Å². The third-order valence-electron chi connectivity index (χ3n) is 4.22. The van der Waals surface area contributed by atoms with E-state index in [1.165, 1.54) is 12.8 Å². The van der Waals surface area contributed by atoms with Crippen molar-refractivity contribution in [2.75, 3.05) is 13.2 Å². The Bertz CT molecular complexity index is 222. The Hall–Kier alpha value is -0.0800. The number of ether oxygens (including phenoxy) is 1. The van der Waals surface area contributed by atoms with E-state index in [1.807, 2.05) is 0 Å². The van der Waals surface area contributed by atoms with Crippen molar-refractivity contribution in [1.82, 2.24) is 0 Å². The van der Waals surface area contributed by atoms with Crippen LogP contribution in [0, 0.1) is 17.3 Å². The number of nitrogens with two attached hydrogens (primary N) is 1. The van der Waals surface area contributed by atoms with Gasteiger partial charge in [0.15, 0.2) is 0 Å². The van der Waals surface area contributed by atoms with Crippen LogP contribution in [-0.4, -0.2) is 18.8 Å². The summed E-state index contributed by atoms with van der Waals surface area (Å²) < 4.78 is 6.12. The minimum absolute atomic E-state index is 0.0218. The summed E-state index contributed by atoms with van der Waals surface area (Å²) in [5, 5.41) is 0. The summed E-state index contributed by atoms with van der Waals surface area (Å²) in [5.41, 5.74) is 6.36. The molecule has 0 spiro atoms. The van der Waals surface area contributed by atoms with Crippen LogP contribution in [0.15, 0.2) is 0 Å². The lowest BCUT2D eigenvalue weighted by molar-refractivity contribution is -0.0882. The SMILES string of the molecule is CC(C)COC1(CN)CCC(C(C)(C)C)CC1. The maximum Gasteiger partial charge on any atom is 0.0804 e. The molecule has 2 N–H and O–H groups in total. The van der Waals surface area contributed by atoms with Crippen molar-refractivity contribution < 1.29 is 4.74 Å². The predicted octanol–water partition coefficient (Wildman–Crippen LogP) is 3.59. The maximum atomic E-state index is 6.12. The van der Waals surface area contributed by atoms with Crippen molar-refractivity contribution >= 4 is 0 Å². The third-order valence-corrected chi connectivity index (χ3v) is 4.22. The third kappa shape index (κ3) is 4.26. The predicted molar refractivity (Wildman–Crippen MR) is 74.0 cm³/mol. The molecule has 0 saturated heterocycles. The first-order valence-electron chi connectivity index (χ1n) is 7.13. The van der Waals surface area contributed by atoms with Gasteiger partial charge in [-0.2, -0.15) is 0 Å². The maximum absolute atomic E-state index is 6.12. The zero-order valence-corrected chi connectivity index (χ0v) is 12.4. The van der Waals surface area contributed by atoms with E-state index >= 15 is 0 Å². The molecule has 2 heteroatoms. The van der Waals surface area contributed by atoms with E-state index in [0.717, 1.165) is 25.4 Å². The zero-order valence-electron chi connectivity index (χ0n) is 12.4. The van der Waals surface area contributed by atoms with Gasteiger partial charge in [0.1, 0.15) is 0 Å². The van der Waals surface area contributed by atoms with Crippen LogP contribution in [0.4, 0.5) is 0 Å². The van der Waals surface area contributed by atoms with Crippen molar-refractivity contribution in [3.05, 3.63) is 0 Å². The Kier molecular flexibility index (Phi) is 5.03. The van der Waals surface area contributed by atoms with Crippen LogP contribution in [0.5, 0.6) is 0 Å². The Morgan fingerprint density at radius 2 is 1.76 bits per heavy atom. The molecular formula is C15H31NO. The van der Waals surface area contributed by atoms with Crippen molar-refractivity contribution in [3.8, 4) is 0 Å². The Morgan fingerprint density at radius 1 is 1.24 bits per heavy atom. The van der Waals surface area contributed by atoms with Crippen molar-refractivity contribution in [2.24, 2.45) is 23.0 Å². The van der Waals surface area contributed by atoms with Crippen LogP contribution in [0.2, 0.25) is 0 Å². The molecule has 17 heavy (non-hydrogen) atoms. The van der Waals surface area contributed by atoms with Gasteiger partial charge in [0, 0.05) is 13.2 Å². The van der Waals surface area contributed by atoms with Crippen molar-refractivity contribution in [2.45, 2.75) is 65.9 Å². The van der Waals surface area contributed by atoms with Gasteiger partial charge in [-0.15, -0.1) is 0 Å². The van der Waals surface area contributed by atoms with Crippen LogP contribution in [-0.2, 0) is 4.74 Å². The highest BCUT2D eigenvalue weighted by Gasteiger charge is 2.38. The van der Waals surface area contributed by atoms with Gasteiger partial charge in [0.25, 0.3) is 0 Å². The van der Waals surface area contributed by atoms with Gasteiger partial charge in [-0.25, -0.2) is 0 Å². The smallest absolute Gasteiger partial charge is 0.0804 e. The van der Waals surface area contributed by atoms with Gasteiger partial charge >= 0.3 is 0 Å². The minimum atomic E-state index is -0.0218. The average molecular weight is 241 g/mol. The molecular weight excluding hydrogens is 210 g/mol. The lowest BCUT2D eigenvalue weighted by Crippen LogP contribution is -2.46. The van der Waals surface area contributed by atoms with Crippen LogP contribution in [0.3, 0.4) is 0 Å². The number of hydrogen-bond donors (Lipinski definition) is 1. The summed E-state index contributed by atoms with van der Waals surface area (Å²) in [6.45, 7) is 13.0. The minimum Gasteiger partial charge on any atom is -0.373 e. The van der Waals surface area contributed by atoms with Crippen LogP contribution in [0.1, 0.15) is 60.3 Å². The van der Waals surface area contributed by atoms with E-state index in [-0.39, 0.29) is 5.60 Å². The first kappa shape index (κ1) is 15.0. The molecule has 0 atom stereocenters. The second kappa shape index (κ2) is 5.71. The lowest BCUT2D eigenvalue weighted by Gasteiger charge is -2.43. The summed E-state index contributed by atoms with van der Waals surface area (Å²) in [7, 11) is 0. The molecule has 1 saturated carbocycles. The molecule has 1 fully saturated rings. The number of hydrogen-bond acceptors (Lipinski definition) is 2. The number of rotatable bonds is 4. The molecule has 1 rings (SSSR count). The van der Waals surface area contributed by atoms with Gasteiger partial charge in [-0.1, -0.05) is 34.6 Å². The second-order valence-corrected chi connectivity index (χ2v) is 7.23. The topological polar surface area (TPSA) is 35.2 Å². The summed E-state index contributed by atoms with van der Waals surface area (Å²) in [4.78, 5) is 0. The Balaban J connectivity index is 2.51. The van der Waals surface area contributed by atoms with Gasteiger partial charge in [-0.05, 0) is 42.9 Å². The summed E-state index contributed by atoms with van der Waals surface area (Å²) in [5.74, 6) is 1.42. The molecule has 0 aromatic rings. The lowest BCUT2D eigenvalue weighted by atomic mass is 9.68. The highest BCUT2D eigenvalue weighted by Crippen LogP contribution is 2.42. The molecule has 2 nitrogen and oxygen atoms in total. The standard InChI is InChI=1S/C15H31NO/c1-12(2)10-17-15(11-16)8-6-13(7-9-15)14(3,4)5/h12-13H,6-11,16H2,1-5H3. The molecule has 102 valence electrons. The quantitative estimate of drug-likeness (QED) is 0.816. The van der Waals surface area contributed by atoms with E-state index in [1.54, 1.807) is 0 Å². The van der Waals surface area contributed by atoms with E-state index < -0.39 is 0 Å². The summed E-state index contributed by atoms with van der Waals surface area (Å²) in [6, 6.07) is 0. The van der Waals surface area contributed by atoms with Gasteiger partial charge in [0.05, 0.1) is 5.60 Å². The van der Waals surface area contributed by atoms with Crippen molar-refractivity contribution in [1.29, 1.82) is 0 Å². The Labute approximate surface area is 107 Å². The van der Waals surface area contributed by atoms with E-state index in [4.69, 9.17) is 10.5 Å². The first-order valence-corrected chi connectivity index (χ1v) is 7.13. The monoisotopic (exact) mass is 241 g/mol. The molecule has 0 aliphatic heterocycles. The molecule has 0 bridgehead atoms. The van der Waals surface area contributed by atoms with E-state index in [2.05, 4.69) is 34.6 Å². The Morgan fingerprint density at radius 3 is 2.12 bits per heavy atom. The first-order chi connectivity index (χ1) is 7.79. The fourth-order valence-electron chi connectivity index (χ4n) is 2.76. The molecule has 0 unspecified atom stereocenters. The van der Waals surface area contributed by atoms with Crippen LogP contribution in [0.25, 0.3) is 0 Å². The fourth-order valence-corrected chi connectivity index (χ4v) is 2.76. The molecule has 0 amide bonds. The highest BCUT2D eigenvalue weighted by atomic mass is 16.5. The van der Waals surface area contributed by atoms with Crippen LogP contribution < -0.4 is 5.73 Å². The molecule has 0 aromatic heterocycles. The average Bonchev–Trinajstić information content (AvgIpc) is 2.26. The van der Waals surface area contributed by atoms with E-state index in [9.17, 15) is 0 Å². The van der Waals surface area contributed by atoms with Gasteiger partial charge < -0.3 is 10.5 Å². The molecule has 1 aliphatic carbocycles. The summed E-state index contributed by atoms with van der Waals surface area (Å²) >= 11 is 0. The fraction of sp³-hybridized carbons (Fsp3) is 1.00. The molecule has 0 aromatic carbocycles. The van der Waals surface area contributed by atoms with E-state index in [0.29, 0.717) is 17.9 Å². The zero-order chi connectivity index (χ0) is 13.1. The normalized spacial score (nSPS) is 30.9. The van der Waals surface area contributed by atoms with Crippen LogP contribution >= 0.6 is 0 Å². The largest absolute Gasteiger partial charge is 0.373 e. The molecule has 0 radical (unpaired) electrons. The molecule has 1 aliphatic rings. The highest BCUT2D eigenvalue weighted by molar-refractivity contribution is 4.91.